The van der Waals surface area contributed by atoms with Gasteiger partial charge >= 0.3 is 0 Å². The second-order valence-corrected chi connectivity index (χ2v) is 8.35. The number of aromatic nitrogens is 1. The number of hydrogen-bond donors (Lipinski definition) is 1. The number of nitrogens with one attached hydrogen (secondary N) is 1. The number of nitrogens with zero attached hydrogens (tertiary/aromatic N) is 2. The number of ether oxygens (including phenoxy) is 1. The summed E-state index contributed by atoms with van der Waals surface area (Å²) >= 11 is 0. The third-order valence-corrected chi connectivity index (χ3v) is 6.16. The van der Waals surface area contributed by atoms with E-state index >= 15 is 0 Å². The van der Waals surface area contributed by atoms with E-state index in [1.807, 2.05) is 30.3 Å². The molecular weight excluding hydrogens is 406 g/mol. The standard InChI is InChI=1S/C21H23N3O5S/c1-24(28-2)30(26,27)18-11-9-17(10-12-18)21(25)23-14-5-15-29-19-8-3-6-16-7-4-13-22-20(16)19/h3-4,6-13H,5,14-15H2,1-2H3,(H,23,25). The van der Waals surface area contributed by atoms with Crippen molar-refractivity contribution in [3.8, 4) is 5.75 Å². The van der Waals surface area contributed by atoms with Gasteiger partial charge in [-0.1, -0.05) is 22.7 Å². The first kappa shape index (κ1) is 21.7. The van der Waals surface area contributed by atoms with Gasteiger partial charge in [-0.15, -0.1) is 0 Å². The molecule has 0 bridgehead atoms. The van der Waals surface area contributed by atoms with E-state index in [-0.39, 0.29) is 10.8 Å². The lowest BCUT2D eigenvalue weighted by molar-refractivity contribution is -0.0258. The van der Waals surface area contributed by atoms with E-state index in [2.05, 4.69) is 10.3 Å². The summed E-state index contributed by atoms with van der Waals surface area (Å²) in [7, 11) is -1.18. The third-order valence-electron chi connectivity index (χ3n) is 4.47. The number of sulfonamides is 1. The molecule has 1 aromatic heterocycles. The van der Waals surface area contributed by atoms with Crippen LogP contribution in [0.15, 0.2) is 65.7 Å². The van der Waals surface area contributed by atoms with E-state index in [1.165, 1.54) is 38.4 Å². The summed E-state index contributed by atoms with van der Waals surface area (Å²) in [5, 5.41) is 3.80. The summed E-state index contributed by atoms with van der Waals surface area (Å²) in [5.41, 5.74) is 1.17. The molecule has 0 radical (unpaired) electrons. The molecule has 3 aromatic rings. The van der Waals surface area contributed by atoms with Gasteiger partial charge in [-0.25, -0.2) is 8.42 Å². The largest absolute Gasteiger partial charge is 0.491 e. The number of carbonyl (C=O) groups is 1. The zero-order valence-electron chi connectivity index (χ0n) is 16.7. The van der Waals surface area contributed by atoms with Crippen molar-refractivity contribution in [2.24, 2.45) is 0 Å². The lowest BCUT2D eigenvalue weighted by atomic mass is 10.2. The van der Waals surface area contributed by atoms with Gasteiger partial charge in [0.25, 0.3) is 15.9 Å². The smallest absolute Gasteiger partial charge is 0.264 e. The van der Waals surface area contributed by atoms with Crippen molar-refractivity contribution in [3.63, 3.8) is 0 Å². The Bertz CT molecular complexity index is 1110. The SMILES string of the molecule is CON(C)S(=O)(=O)c1ccc(C(=O)NCCCOc2cccc3cccnc23)cc1. The summed E-state index contributed by atoms with van der Waals surface area (Å²) < 4.78 is 30.9. The van der Waals surface area contributed by atoms with Crippen molar-refractivity contribution < 1.29 is 22.8 Å². The predicted molar refractivity (Wildman–Crippen MR) is 113 cm³/mol. The average molecular weight is 429 g/mol. The van der Waals surface area contributed by atoms with Crippen LogP contribution in [-0.4, -0.2) is 51.1 Å². The second kappa shape index (κ2) is 9.66. The summed E-state index contributed by atoms with van der Waals surface area (Å²) in [4.78, 5) is 21.4. The van der Waals surface area contributed by atoms with Crippen molar-refractivity contribution in [1.82, 2.24) is 14.8 Å². The first-order valence-electron chi connectivity index (χ1n) is 9.31. The fourth-order valence-electron chi connectivity index (χ4n) is 2.78. The zero-order valence-corrected chi connectivity index (χ0v) is 17.6. The number of fused-ring (bicyclic) bond motifs is 1. The van der Waals surface area contributed by atoms with Gasteiger partial charge in [0.15, 0.2) is 0 Å². The number of carbonyl (C=O) groups excluding carboxylic acids is 1. The van der Waals surface area contributed by atoms with E-state index < -0.39 is 10.0 Å². The van der Waals surface area contributed by atoms with Crippen LogP contribution >= 0.6 is 0 Å². The Hall–Kier alpha value is -3.01. The average Bonchev–Trinajstić information content (AvgIpc) is 2.78. The van der Waals surface area contributed by atoms with Gasteiger partial charge in [-0.05, 0) is 42.8 Å². The molecule has 158 valence electrons. The molecule has 3 rings (SSSR count). The van der Waals surface area contributed by atoms with Crippen molar-refractivity contribution in [1.29, 1.82) is 0 Å². The Morgan fingerprint density at radius 3 is 2.57 bits per heavy atom. The molecule has 8 nitrogen and oxygen atoms in total. The Morgan fingerprint density at radius 2 is 1.83 bits per heavy atom. The zero-order chi connectivity index (χ0) is 21.6. The molecular formula is C21H23N3O5S. The minimum Gasteiger partial charge on any atom is -0.491 e. The minimum atomic E-state index is -3.74. The van der Waals surface area contributed by atoms with Gasteiger partial charge in [-0.3, -0.25) is 14.6 Å². The van der Waals surface area contributed by atoms with E-state index in [4.69, 9.17) is 9.57 Å². The number of pyridine rings is 1. The van der Waals surface area contributed by atoms with Crippen LogP contribution in [0.4, 0.5) is 0 Å². The van der Waals surface area contributed by atoms with Crippen molar-refractivity contribution in [2.45, 2.75) is 11.3 Å². The van der Waals surface area contributed by atoms with Crippen LogP contribution in [0.1, 0.15) is 16.8 Å². The number of para-hydroxylation sites is 1. The lowest BCUT2D eigenvalue weighted by Crippen LogP contribution is -2.27. The maximum Gasteiger partial charge on any atom is 0.264 e. The Labute approximate surface area is 175 Å². The molecule has 0 aliphatic carbocycles. The first-order valence-corrected chi connectivity index (χ1v) is 10.8. The minimum absolute atomic E-state index is 0.0421. The molecule has 0 aliphatic heterocycles. The van der Waals surface area contributed by atoms with Crippen molar-refractivity contribution in [2.75, 3.05) is 27.3 Å². The van der Waals surface area contributed by atoms with Gasteiger partial charge in [-0.2, -0.15) is 0 Å². The summed E-state index contributed by atoms with van der Waals surface area (Å²) in [5.74, 6) is 0.420. The van der Waals surface area contributed by atoms with Crippen molar-refractivity contribution >= 4 is 26.8 Å². The van der Waals surface area contributed by atoms with E-state index in [0.29, 0.717) is 30.9 Å². The highest BCUT2D eigenvalue weighted by Gasteiger charge is 2.20. The number of amides is 1. The van der Waals surface area contributed by atoms with Crippen LogP contribution in [0.3, 0.4) is 0 Å². The number of hydroxylamine groups is 1. The highest BCUT2D eigenvalue weighted by Crippen LogP contribution is 2.22. The maximum atomic E-state index is 12.3. The Balaban J connectivity index is 1.49. The van der Waals surface area contributed by atoms with Crippen LogP contribution in [0, 0.1) is 0 Å². The fraction of sp³-hybridized carbons (Fsp3) is 0.238. The molecule has 0 spiro atoms. The summed E-state index contributed by atoms with van der Waals surface area (Å²) in [6.07, 6.45) is 2.33. The number of rotatable bonds is 9. The van der Waals surface area contributed by atoms with E-state index in [1.54, 1.807) is 6.20 Å². The van der Waals surface area contributed by atoms with Gasteiger partial charge in [0.1, 0.15) is 11.3 Å². The highest BCUT2D eigenvalue weighted by atomic mass is 32.2. The number of hydrogen-bond acceptors (Lipinski definition) is 6. The summed E-state index contributed by atoms with van der Waals surface area (Å²) in [6, 6.07) is 15.3. The highest BCUT2D eigenvalue weighted by molar-refractivity contribution is 7.89. The molecule has 30 heavy (non-hydrogen) atoms. The second-order valence-electron chi connectivity index (χ2n) is 6.41. The molecule has 0 saturated heterocycles. The summed E-state index contributed by atoms with van der Waals surface area (Å²) in [6.45, 7) is 0.847. The number of benzene rings is 2. The molecule has 0 fully saturated rings. The molecule has 1 N–H and O–H groups in total. The van der Waals surface area contributed by atoms with Gasteiger partial charge < -0.3 is 10.1 Å². The molecule has 1 heterocycles. The van der Waals surface area contributed by atoms with E-state index in [9.17, 15) is 13.2 Å². The van der Waals surface area contributed by atoms with Crippen LogP contribution < -0.4 is 10.1 Å². The lowest BCUT2D eigenvalue weighted by Gasteiger charge is -2.14. The van der Waals surface area contributed by atoms with Crippen molar-refractivity contribution in [3.05, 3.63) is 66.4 Å². The molecule has 9 heteroatoms. The molecule has 0 saturated carbocycles. The molecule has 0 unspecified atom stereocenters. The predicted octanol–water partition coefficient (Wildman–Crippen LogP) is 2.62. The van der Waals surface area contributed by atoms with Crippen LogP contribution in [0.5, 0.6) is 5.75 Å². The Kier molecular flexibility index (Phi) is 6.99. The van der Waals surface area contributed by atoms with Gasteiger partial charge in [0.2, 0.25) is 0 Å². The first-order chi connectivity index (χ1) is 14.4. The normalized spacial score (nSPS) is 11.6. The van der Waals surface area contributed by atoms with Gasteiger partial charge in [0.05, 0.1) is 18.6 Å². The monoisotopic (exact) mass is 429 g/mol. The van der Waals surface area contributed by atoms with Crippen LogP contribution in [0.2, 0.25) is 0 Å². The topological polar surface area (TPSA) is 97.8 Å². The quantitative estimate of drug-likeness (QED) is 0.415. The van der Waals surface area contributed by atoms with E-state index in [0.717, 1.165) is 15.4 Å². The van der Waals surface area contributed by atoms with Gasteiger partial charge in [0, 0.05) is 30.7 Å². The Morgan fingerprint density at radius 1 is 1.10 bits per heavy atom. The molecule has 0 aliphatic rings. The molecule has 2 aromatic carbocycles. The molecule has 0 atom stereocenters. The van der Waals surface area contributed by atoms with Crippen LogP contribution in [-0.2, 0) is 14.9 Å². The fourth-order valence-corrected chi connectivity index (χ4v) is 3.75. The van der Waals surface area contributed by atoms with Crippen LogP contribution in [0.25, 0.3) is 10.9 Å². The maximum absolute atomic E-state index is 12.3. The molecule has 1 amide bonds. The third kappa shape index (κ3) is 4.93.